The molecule has 1 aromatic heterocycles. The smallest absolute Gasteiger partial charge is 0.407 e. The minimum atomic E-state index is -1.08. The maximum Gasteiger partial charge on any atom is 0.407 e. The van der Waals surface area contributed by atoms with E-state index >= 15 is 0 Å². The second-order valence-electron chi connectivity index (χ2n) is 9.06. The number of amides is 2. The van der Waals surface area contributed by atoms with E-state index in [1.807, 2.05) is 42.5 Å². The van der Waals surface area contributed by atoms with Gasteiger partial charge in [-0.25, -0.2) is 4.79 Å². The Labute approximate surface area is 219 Å². The fraction of sp³-hybridized carbons (Fsp3) is 0.370. The summed E-state index contributed by atoms with van der Waals surface area (Å²) in [5, 5.41) is 13.3. The average molecular weight is 555 g/mol. The molecule has 0 radical (unpaired) electrons. The first-order valence-corrected chi connectivity index (χ1v) is 13.0. The Bertz CT molecular complexity index is 1210. The van der Waals surface area contributed by atoms with E-state index in [9.17, 15) is 14.7 Å². The van der Waals surface area contributed by atoms with Gasteiger partial charge < -0.3 is 20.9 Å². The summed E-state index contributed by atoms with van der Waals surface area (Å²) in [6.45, 7) is 1.22. The third-order valence-electron chi connectivity index (χ3n) is 6.48. The van der Waals surface area contributed by atoms with Crippen molar-refractivity contribution in [3.8, 4) is 5.75 Å². The van der Waals surface area contributed by atoms with Gasteiger partial charge >= 0.3 is 6.09 Å². The van der Waals surface area contributed by atoms with Gasteiger partial charge in [0.1, 0.15) is 18.4 Å². The molecule has 9 heteroatoms. The molecule has 0 bridgehead atoms. The Hall–Kier alpha value is -3.17. The Balaban J connectivity index is 1.38. The van der Waals surface area contributed by atoms with E-state index in [4.69, 9.17) is 10.5 Å². The molecule has 3 aromatic rings. The Morgan fingerprint density at radius 1 is 1.19 bits per heavy atom. The number of nitrogens with zero attached hydrogens (tertiary/aromatic N) is 2. The molecule has 2 atom stereocenters. The van der Waals surface area contributed by atoms with Crippen LogP contribution < -0.4 is 15.8 Å². The van der Waals surface area contributed by atoms with Gasteiger partial charge in [-0.05, 0) is 71.8 Å². The first kappa shape index (κ1) is 25.9. The van der Waals surface area contributed by atoms with Crippen LogP contribution in [0.25, 0.3) is 10.9 Å². The van der Waals surface area contributed by atoms with Crippen molar-refractivity contribution in [1.82, 2.24) is 15.2 Å². The van der Waals surface area contributed by atoms with Gasteiger partial charge in [0.2, 0.25) is 5.91 Å². The zero-order valence-corrected chi connectivity index (χ0v) is 21.6. The van der Waals surface area contributed by atoms with Crippen LogP contribution in [0.15, 0.2) is 59.2 Å². The summed E-state index contributed by atoms with van der Waals surface area (Å²) in [5.41, 5.74) is 9.05. The van der Waals surface area contributed by atoms with Crippen molar-refractivity contribution in [2.45, 2.75) is 50.8 Å². The maximum absolute atomic E-state index is 12.7. The van der Waals surface area contributed by atoms with Gasteiger partial charge in [-0.1, -0.05) is 30.3 Å². The molecule has 0 spiro atoms. The number of carbonyl (C=O) groups excluding carboxylic acids is 1. The fourth-order valence-corrected chi connectivity index (χ4v) is 4.90. The SMILES string of the molecule is NC1CCN(C(=O)O)C(C(=O)NCCCCc2c(OCc3ccccc3)ccc3ncc(Br)cc23)C1. The van der Waals surface area contributed by atoms with E-state index in [1.54, 1.807) is 6.20 Å². The van der Waals surface area contributed by atoms with E-state index in [2.05, 4.69) is 32.3 Å². The first-order chi connectivity index (χ1) is 17.4. The van der Waals surface area contributed by atoms with Gasteiger partial charge in [0.05, 0.1) is 5.52 Å². The van der Waals surface area contributed by atoms with Crippen molar-refractivity contribution in [3.05, 3.63) is 70.3 Å². The number of aromatic nitrogens is 1. The molecule has 1 aliphatic heterocycles. The van der Waals surface area contributed by atoms with Crippen LogP contribution in [-0.4, -0.2) is 52.2 Å². The predicted octanol–water partition coefficient (Wildman–Crippen LogP) is 4.48. The summed E-state index contributed by atoms with van der Waals surface area (Å²) in [7, 11) is 0. The Kier molecular flexibility index (Phi) is 8.77. The number of nitrogens with one attached hydrogen (secondary N) is 1. The summed E-state index contributed by atoms with van der Waals surface area (Å²) in [6.07, 6.45) is 3.93. The molecule has 1 aliphatic rings. The fourth-order valence-electron chi connectivity index (χ4n) is 4.57. The molecule has 4 rings (SSSR count). The molecule has 2 heterocycles. The molecule has 8 nitrogen and oxygen atoms in total. The number of carboxylic acid groups (broad SMARTS) is 1. The Morgan fingerprint density at radius 2 is 2.00 bits per heavy atom. The van der Waals surface area contributed by atoms with Crippen molar-refractivity contribution in [3.63, 3.8) is 0 Å². The lowest BCUT2D eigenvalue weighted by atomic mass is 9.97. The van der Waals surface area contributed by atoms with Crippen LogP contribution in [0.3, 0.4) is 0 Å². The number of pyridine rings is 1. The highest BCUT2D eigenvalue weighted by atomic mass is 79.9. The van der Waals surface area contributed by atoms with Gasteiger partial charge in [-0.3, -0.25) is 14.7 Å². The van der Waals surface area contributed by atoms with Crippen LogP contribution in [0.5, 0.6) is 5.75 Å². The monoisotopic (exact) mass is 554 g/mol. The third-order valence-corrected chi connectivity index (χ3v) is 6.92. The zero-order valence-electron chi connectivity index (χ0n) is 20.0. The molecular formula is C27H31BrN4O4. The number of hydrogen-bond donors (Lipinski definition) is 3. The minimum Gasteiger partial charge on any atom is -0.489 e. The first-order valence-electron chi connectivity index (χ1n) is 12.2. The number of carbonyl (C=O) groups is 2. The van der Waals surface area contributed by atoms with Crippen LogP contribution in [-0.2, 0) is 17.8 Å². The second-order valence-corrected chi connectivity index (χ2v) is 9.98. The number of rotatable bonds is 9. The number of fused-ring (bicyclic) bond motifs is 1. The van der Waals surface area contributed by atoms with E-state index in [0.717, 1.165) is 51.5 Å². The summed E-state index contributed by atoms with van der Waals surface area (Å²) >= 11 is 3.53. The van der Waals surface area contributed by atoms with Crippen molar-refractivity contribution in [2.24, 2.45) is 5.73 Å². The molecule has 0 aliphatic carbocycles. The number of hydrogen-bond acceptors (Lipinski definition) is 5. The summed E-state index contributed by atoms with van der Waals surface area (Å²) in [4.78, 5) is 29.9. The van der Waals surface area contributed by atoms with Crippen molar-refractivity contribution in [1.29, 1.82) is 0 Å². The normalized spacial score (nSPS) is 17.7. The third kappa shape index (κ3) is 6.53. The van der Waals surface area contributed by atoms with Crippen LogP contribution in [0.1, 0.15) is 36.8 Å². The number of aryl methyl sites for hydroxylation is 1. The molecule has 190 valence electrons. The van der Waals surface area contributed by atoms with Crippen molar-refractivity contribution < 1.29 is 19.4 Å². The molecule has 36 heavy (non-hydrogen) atoms. The number of likely N-dealkylation sites (tertiary alicyclic amines) is 1. The highest BCUT2D eigenvalue weighted by Crippen LogP contribution is 2.31. The molecule has 2 amide bonds. The van der Waals surface area contributed by atoms with Gasteiger partial charge in [0.25, 0.3) is 0 Å². The van der Waals surface area contributed by atoms with E-state index in [0.29, 0.717) is 26.0 Å². The lowest BCUT2D eigenvalue weighted by molar-refractivity contribution is -0.127. The van der Waals surface area contributed by atoms with Gasteiger partial charge in [-0.2, -0.15) is 0 Å². The van der Waals surface area contributed by atoms with Crippen LogP contribution in [0, 0.1) is 0 Å². The lowest BCUT2D eigenvalue weighted by Gasteiger charge is -2.35. The standard InChI is InChI=1S/C27H31BrN4O4/c28-19-14-22-21(25(10-9-23(22)31-16-19)36-17-18-6-2-1-3-7-18)8-4-5-12-30-26(33)24-15-20(29)11-13-32(24)27(34)35/h1-3,6-7,9-10,14,16,20,24H,4-5,8,11-13,15,17,29H2,(H,30,33)(H,34,35). The van der Waals surface area contributed by atoms with E-state index in [-0.39, 0.29) is 18.5 Å². The van der Waals surface area contributed by atoms with E-state index < -0.39 is 12.1 Å². The van der Waals surface area contributed by atoms with Gasteiger partial charge in [0.15, 0.2) is 0 Å². The summed E-state index contributed by atoms with van der Waals surface area (Å²) in [5.74, 6) is 0.543. The summed E-state index contributed by atoms with van der Waals surface area (Å²) < 4.78 is 7.10. The van der Waals surface area contributed by atoms with Crippen LogP contribution in [0.4, 0.5) is 4.79 Å². The predicted molar refractivity (Wildman–Crippen MR) is 142 cm³/mol. The molecular weight excluding hydrogens is 524 g/mol. The summed E-state index contributed by atoms with van der Waals surface area (Å²) in [6, 6.07) is 15.1. The molecule has 4 N–H and O–H groups in total. The second kappa shape index (κ2) is 12.2. The molecule has 2 aromatic carbocycles. The number of halogens is 1. The molecule has 1 fully saturated rings. The van der Waals surface area contributed by atoms with Crippen LogP contribution >= 0.6 is 15.9 Å². The minimum absolute atomic E-state index is 0.162. The molecule has 0 saturated carbocycles. The number of piperidine rings is 1. The number of ether oxygens (including phenoxy) is 1. The highest BCUT2D eigenvalue weighted by Gasteiger charge is 2.34. The molecule has 2 unspecified atom stereocenters. The quantitative estimate of drug-likeness (QED) is 0.335. The molecule has 1 saturated heterocycles. The average Bonchev–Trinajstić information content (AvgIpc) is 2.88. The number of benzene rings is 2. The van der Waals surface area contributed by atoms with Gasteiger partial charge in [-0.15, -0.1) is 0 Å². The topological polar surface area (TPSA) is 118 Å². The van der Waals surface area contributed by atoms with Gasteiger partial charge in [0, 0.05) is 40.8 Å². The maximum atomic E-state index is 12.7. The highest BCUT2D eigenvalue weighted by molar-refractivity contribution is 9.10. The largest absolute Gasteiger partial charge is 0.489 e. The zero-order chi connectivity index (χ0) is 25.5. The lowest BCUT2D eigenvalue weighted by Crippen LogP contribution is -2.55. The number of nitrogens with two attached hydrogens (primary N) is 1. The van der Waals surface area contributed by atoms with Crippen molar-refractivity contribution >= 4 is 38.8 Å². The Morgan fingerprint density at radius 3 is 2.78 bits per heavy atom. The van der Waals surface area contributed by atoms with Crippen molar-refractivity contribution in [2.75, 3.05) is 13.1 Å². The number of unbranched alkanes of at least 4 members (excludes halogenated alkanes) is 1. The van der Waals surface area contributed by atoms with E-state index in [1.165, 1.54) is 4.90 Å². The van der Waals surface area contributed by atoms with Crippen LogP contribution in [0.2, 0.25) is 0 Å².